The second kappa shape index (κ2) is 5.55. The molecule has 0 heterocycles. The smallest absolute Gasteiger partial charge is 0.122 e. The van der Waals surface area contributed by atoms with Crippen LogP contribution >= 0.6 is 0 Å². The van der Waals surface area contributed by atoms with Gasteiger partial charge in [0, 0.05) is 0 Å². The van der Waals surface area contributed by atoms with E-state index in [-0.39, 0.29) is 5.92 Å². The van der Waals surface area contributed by atoms with Gasteiger partial charge in [-0.15, -0.1) is 0 Å². The van der Waals surface area contributed by atoms with E-state index in [2.05, 4.69) is 32.9 Å². The van der Waals surface area contributed by atoms with Gasteiger partial charge in [0.2, 0.25) is 0 Å². The zero-order valence-corrected chi connectivity index (χ0v) is 10.4. The Hall–Kier alpha value is -1.49. The second-order valence-corrected chi connectivity index (χ2v) is 4.28. The summed E-state index contributed by atoms with van der Waals surface area (Å²) in [6.07, 6.45) is 0.924. The molecule has 2 nitrogen and oxygen atoms in total. The van der Waals surface area contributed by atoms with Crippen molar-refractivity contribution in [2.24, 2.45) is 5.92 Å². The summed E-state index contributed by atoms with van der Waals surface area (Å²) in [4.78, 5) is 0. The van der Waals surface area contributed by atoms with Gasteiger partial charge in [0.05, 0.1) is 19.1 Å². The number of hydrogen-bond acceptors (Lipinski definition) is 2. The molecule has 1 unspecified atom stereocenters. The summed E-state index contributed by atoms with van der Waals surface area (Å²) in [5, 5.41) is 9.16. The Kier molecular flexibility index (Phi) is 4.37. The molecular weight excluding hydrogens is 198 g/mol. The molecule has 86 valence electrons. The first-order valence-electron chi connectivity index (χ1n) is 5.70. The summed E-state index contributed by atoms with van der Waals surface area (Å²) in [6, 6.07) is 8.41. The topological polar surface area (TPSA) is 33.0 Å². The van der Waals surface area contributed by atoms with Gasteiger partial charge in [0.25, 0.3) is 0 Å². The van der Waals surface area contributed by atoms with Crippen molar-refractivity contribution in [1.82, 2.24) is 0 Å². The molecule has 0 radical (unpaired) electrons. The van der Waals surface area contributed by atoms with Crippen molar-refractivity contribution in [1.29, 1.82) is 5.26 Å². The third-order valence-corrected chi connectivity index (χ3v) is 2.85. The van der Waals surface area contributed by atoms with Crippen molar-refractivity contribution >= 4 is 0 Å². The van der Waals surface area contributed by atoms with Crippen LogP contribution in [0.5, 0.6) is 5.75 Å². The van der Waals surface area contributed by atoms with E-state index >= 15 is 0 Å². The van der Waals surface area contributed by atoms with Gasteiger partial charge >= 0.3 is 0 Å². The minimum atomic E-state index is -0.0313. The van der Waals surface area contributed by atoms with Crippen LogP contribution in [-0.4, -0.2) is 7.11 Å². The lowest BCUT2D eigenvalue weighted by atomic mass is 9.88. The average Bonchev–Trinajstić information content (AvgIpc) is 2.29. The highest BCUT2D eigenvalue weighted by Gasteiger charge is 2.16. The third-order valence-electron chi connectivity index (χ3n) is 2.85. The zero-order valence-electron chi connectivity index (χ0n) is 10.4. The van der Waals surface area contributed by atoms with Crippen molar-refractivity contribution in [3.63, 3.8) is 0 Å². The number of benzene rings is 1. The van der Waals surface area contributed by atoms with Gasteiger partial charge in [0.15, 0.2) is 0 Å². The molecule has 0 aromatic heterocycles. The molecule has 2 heteroatoms. The zero-order chi connectivity index (χ0) is 12.1. The van der Waals surface area contributed by atoms with Crippen molar-refractivity contribution in [2.75, 3.05) is 7.11 Å². The molecule has 0 saturated carbocycles. The first kappa shape index (κ1) is 12.6. The third kappa shape index (κ3) is 2.55. The largest absolute Gasteiger partial charge is 0.496 e. The molecule has 0 amide bonds. The van der Waals surface area contributed by atoms with E-state index < -0.39 is 0 Å². The van der Waals surface area contributed by atoms with Crippen LogP contribution in [-0.2, 0) is 6.42 Å². The van der Waals surface area contributed by atoms with Crippen LogP contribution in [0.15, 0.2) is 18.2 Å². The van der Waals surface area contributed by atoms with Gasteiger partial charge in [-0.1, -0.05) is 32.9 Å². The molecule has 0 saturated heterocycles. The molecule has 0 bridgehead atoms. The Morgan fingerprint density at radius 2 is 2.06 bits per heavy atom. The molecule has 1 atom stereocenters. The summed E-state index contributed by atoms with van der Waals surface area (Å²) in [5.74, 6) is 1.21. The van der Waals surface area contributed by atoms with Crippen molar-refractivity contribution in [2.45, 2.75) is 33.1 Å². The van der Waals surface area contributed by atoms with Crippen molar-refractivity contribution in [3.05, 3.63) is 29.3 Å². The molecular formula is C14H19NO. The lowest BCUT2D eigenvalue weighted by Crippen LogP contribution is -2.05. The quantitative estimate of drug-likeness (QED) is 0.773. The van der Waals surface area contributed by atoms with Crippen LogP contribution in [0.25, 0.3) is 0 Å². The van der Waals surface area contributed by atoms with Gasteiger partial charge in [0.1, 0.15) is 5.75 Å². The minimum absolute atomic E-state index is 0.0313. The summed E-state index contributed by atoms with van der Waals surface area (Å²) in [7, 11) is 1.68. The fourth-order valence-electron chi connectivity index (χ4n) is 1.88. The summed E-state index contributed by atoms with van der Waals surface area (Å²) in [6.45, 7) is 6.24. The van der Waals surface area contributed by atoms with Gasteiger partial charge in [-0.25, -0.2) is 0 Å². The fraction of sp³-hybridized carbons (Fsp3) is 0.500. The van der Waals surface area contributed by atoms with Crippen LogP contribution in [0.2, 0.25) is 0 Å². The number of methoxy groups -OCH3 is 1. The van der Waals surface area contributed by atoms with Crippen molar-refractivity contribution in [3.8, 4) is 11.8 Å². The monoisotopic (exact) mass is 217 g/mol. The average molecular weight is 217 g/mol. The summed E-state index contributed by atoms with van der Waals surface area (Å²) < 4.78 is 5.28. The van der Waals surface area contributed by atoms with Crippen molar-refractivity contribution < 1.29 is 4.74 Å². The van der Waals surface area contributed by atoms with Crippen LogP contribution in [0.1, 0.15) is 37.8 Å². The van der Waals surface area contributed by atoms with Crippen LogP contribution in [0.4, 0.5) is 0 Å². The maximum atomic E-state index is 9.16. The Labute approximate surface area is 97.9 Å². The first-order chi connectivity index (χ1) is 7.63. The SMILES string of the molecule is CCc1cc(C(C#N)C(C)C)ccc1OC. The highest BCUT2D eigenvalue weighted by molar-refractivity contribution is 5.40. The maximum Gasteiger partial charge on any atom is 0.122 e. The highest BCUT2D eigenvalue weighted by Crippen LogP contribution is 2.28. The van der Waals surface area contributed by atoms with Crippen LogP contribution in [0, 0.1) is 17.2 Å². The normalized spacial score (nSPS) is 12.2. The Morgan fingerprint density at radius 1 is 1.38 bits per heavy atom. The predicted octanol–water partition coefficient (Wildman–Crippen LogP) is 3.52. The Morgan fingerprint density at radius 3 is 2.50 bits per heavy atom. The van der Waals surface area contributed by atoms with Crippen LogP contribution in [0.3, 0.4) is 0 Å². The number of ether oxygens (including phenoxy) is 1. The molecule has 1 rings (SSSR count). The number of nitrogens with zero attached hydrogens (tertiary/aromatic N) is 1. The molecule has 0 spiro atoms. The molecule has 0 aliphatic heterocycles. The van der Waals surface area contributed by atoms with Gasteiger partial charge in [-0.05, 0) is 29.5 Å². The minimum Gasteiger partial charge on any atom is -0.496 e. The molecule has 0 fully saturated rings. The number of rotatable bonds is 4. The van der Waals surface area contributed by atoms with E-state index in [1.165, 1.54) is 5.56 Å². The maximum absolute atomic E-state index is 9.16. The molecule has 1 aromatic rings. The molecule has 0 N–H and O–H groups in total. The molecule has 1 aromatic carbocycles. The second-order valence-electron chi connectivity index (χ2n) is 4.28. The Bertz CT molecular complexity index is 390. The number of aryl methyl sites for hydroxylation is 1. The van der Waals surface area contributed by atoms with E-state index in [0.717, 1.165) is 17.7 Å². The van der Waals surface area contributed by atoms with E-state index in [0.29, 0.717) is 5.92 Å². The molecule has 0 aliphatic rings. The van der Waals surface area contributed by atoms with E-state index in [1.807, 2.05) is 12.1 Å². The van der Waals surface area contributed by atoms with E-state index in [9.17, 15) is 0 Å². The number of hydrogen-bond donors (Lipinski definition) is 0. The standard InChI is InChI=1S/C14H19NO/c1-5-11-8-12(6-7-14(11)16-4)13(9-15)10(2)3/h6-8,10,13H,5H2,1-4H3. The van der Waals surface area contributed by atoms with Gasteiger partial charge < -0.3 is 4.74 Å². The van der Waals surface area contributed by atoms with Crippen LogP contribution < -0.4 is 4.74 Å². The Balaban J connectivity index is 3.12. The highest BCUT2D eigenvalue weighted by atomic mass is 16.5. The van der Waals surface area contributed by atoms with E-state index in [1.54, 1.807) is 7.11 Å². The molecule has 0 aliphatic carbocycles. The lowest BCUT2D eigenvalue weighted by molar-refractivity contribution is 0.409. The lowest BCUT2D eigenvalue weighted by Gasteiger charge is -2.15. The first-order valence-corrected chi connectivity index (χ1v) is 5.70. The molecule has 16 heavy (non-hydrogen) atoms. The van der Waals surface area contributed by atoms with Gasteiger partial charge in [-0.3, -0.25) is 0 Å². The predicted molar refractivity (Wildman–Crippen MR) is 65.6 cm³/mol. The summed E-state index contributed by atoms with van der Waals surface area (Å²) in [5.41, 5.74) is 2.26. The number of nitriles is 1. The van der Waals surface area contributed by atoms with Gasteiger partial charge in [-0.2, -0.15) is 5.26 Å². The summed E-state index contributed by atoms with van der Waals surface area (Å²) >= 11 is 0. The fourth-order valence-corrected chi connectivity index (χ4v) is 1.88. The van der Waals surface area contributed by atoms with E-state index in [4.69, 9.17) is 10.00 Å².